The van der Waals surface area contributed by atoms with Gasteiger partial charge in [-0.15, -0.1) is 0 Å². The fourth-order valence-corrected chi connectivity index (χ4v) is 1.78. The fourth-order valence-electron chi connectivity index (χ4n) is 1.78. The van der Waals surface area contributed by atoms with Gasteiger partial charge in [0.2, 0.25) is 0 Å². The molecule has 0 aliphatic carbocycles. The summed E-state index contributed by atoms with van der Waals surface area (Å²) in [5.41, 5.74) is 0. The van der Waals surface area contributed by atoms with Gasteiger partial charge in [-0.2, -0.15) is 70.2 Å². The number of hydrogen-bond donors (Lipinski definition) is 0. The molecule has 0 amide bonds. The molecule has 0 fully saturated rings. The third kappa shape index (κ3) is 5.52. The third-order valence-corrected chi connectivity index (χ3v) is 3.31. The first-order valence-electron chi connectivity index (χ1n) is 6.76. The highest BCUT2D eigenvalue weighted by molar-refractivity contribution is 5.07. The van der Waals surface area contributed by atoms with Gasteiger partial charge in [0, 0.05) is 0 Å². The van der Waals surface area contributed by atoms with Crippen LogP contribution < -0.4 is 0 Å². The first kappa shape index (κ1) is 29.6. The van der Waals surface area contributed by atoms with Crippen molar-refractivity contribution in [3.05, 3.63) is 0 Å². The van der Waals surface area contributed by atoms with Gasteiger partial charge in [0.25, 0.3) is 18.2 Å². The van der Waals surface area contributed by atoms with E-state index >= 15 is 0 Å². The summed E-state index contributed by atoms with van der Waals surface area (Å²) in [6.07, 6.45) is -30.9. The standard InChI is InChI=1S/C11H5F19O/c12-2(9(23,24)25)7(19,20)5(16,17)1-6(18,31-4(14)15)11(29,30)8(21,22)3(13)10(26,27)28/h2-4H,1H2. The highest BCUT2D eigenvalue weighted by atomic mass is 19.4. The van der Waals surface area contributed by atoms with Crippen molar-refractivity contribution >= 4 is 0 Å². The summed E-state index contributed by atoms with van der Waals surface area (Å²) in [7, 11) is 0. The van der Waals surface area contributed by atoms with Crippen LogP contribution >= 0.6 is 0 Å². The van der Waals surface area contributed by atoms with E-state index in [-0.39, 0.29) is 0 Å². The van der Waals surface area contributed by atoms with E-state index in [1.807, 2.05) is 4.74 Å². The monoisotopic (exact) mass is 514 g/mol. The van der Waals surface area contributed by atoms with Crippen molar-refractivity contribution < 1.29 is 88.2 Å². The minimum atomic E-state index is -7.81. The van der Waals surface area contributed by atoms with Gasteiger partial charge in [0.15, 0.2) is 0 Å². The predicted molar refractivity (Wildman–Crippen MR) is 57.2 cm³/mol. The number of rotatable bonds is 9. The molecule has 188 valence electrons. The molecule has 0 N–H and O–H groups in total. The molecule has 3 atom stereocenters. The molecule has 0 aliphatic heterocycles. The molecule has 0 aliphatic rings. The Morgan fingerprint density at radius 2 is 0.839 bits per heavy atom. The van der Waals surface area contributed by atoms with Crippen LogP contribution in [0.15, 0.2) is 0 Å². The molecule has 0 saturated heterocycles. The van der Waals surface area contributed by atoms with Crippen LogP contribution in [-0.4, -0.2) is 60.9 Å². The summed E-state index contributed by atoms with van der Waals surface area (Å²) in [4.78, 5) is 0. The lowest BCUT2D eigenvalue weighted by molar-refractivity contribution is -0.421. The topological polar surface area (TPSA) is 9.23 Å². The largest absolute Gasteiger partial charge is 0.425 e. The fraction of sp³-hybridized carbons (Fsp3) is 1.00. The van der Waals surface area contributed by atoms with Crippen LogP contribution in [0.4, 0.5) is 83.4 Å². The van der Waals surface area contributed by atoms with Crippen LogP contribution in [0.5, 0.6) is 0 Å². The Labute approximate surface area is 157 Å². The second-order valence-corrected chi connectivity index (χ2v) is 5.62. The molecule has 3 unspecified atom stereocenters. The summed E-state index contributed by atoms with van der Waals surface area (Å²) in [5, 5.41) is 0. The van der Waals surface area contributed by atoms with Crippen molar-refractivity contribution in [2.24, 2.45) is 0 Å². The van der Waals surface area contributed by atoms with Crippen LogP contribution in [0.1, 0.15) is 6.42 Å². The zero-order valence-corrected chi connectivity index (χ0v) is 13.5. The third-order valence-electron chi connectivity index (χ3n) is 3.31. The highest BCUT2D eigenvalue weighted by Crippen LogP contribution is 2.57. The molecule has 0 aromatic rings. The van der Waals surface area contributed by atoms with Crippen LogP contribution in [0.25, 0.3) is 0 Å². The number of ether oxygens (including phenoxy) is 1. The van der Waals surface area contributed by atoms with E-state index < -0.39 is 67.3 Å². The highest BCUT2D eigenvalue weighted by Gasteiger charge is 2.82. The number of alkyl halides is 19. The van der Waals surface area contributed by atoms with Gasteiger partial charge in [-0.25, -0.2) is 13.2 Å². The lowest BCUT2D eigenvalue weighted by Gasteiger charge is -2.41. The van der Waals surface area contributed by atoms with Crippen molar-refractivity contribution in [3.8, 4) is 0 Å². The van der Waals surface area contributed by atoms with Crippen LogP contribution in [-0.2, 0) is 4.74 Å². The average molecular weight is 514 g/mol. The van der Waals surface area contributed by atoms with Crippen LogP contribution in [0.3, 0.4) is 0 Å². The maximum Gasteiger partial charge on any atom is 0.425 e. The van der Waals surface area contributed by atoms with E-state index in [0.717, 1.165) is 0 Å². The molecule has 0 aromatic heterocycles. The molecular weight excluding hydrogens is 509 g/mol. The molecule has 0 radical (unpaired) electrons. The van der Waals surface area contributed by atoms with Gasteiger partial charge in [-0.1, -0.05) is 0 Å². The second kappa shape index (κ2) is 8.20. The van der Waals surface area contributed by atoms with E-state index in [1.54, 1.807) is 0 Å². The van der Waals surface area contributed by atoms with Gasteiger partial charge in [0.1, 0.15) is 0 Å². The molecule has 0 saturated carbocycles. The molecule has 0 heterocycles. The smallest absolute Gasteiger partial charge is 0.279 e. The van der Waals surface area contributed by atoms with E-state index in [9.17, 15) is 83.4 Å². The van der Waals surface area contributed by atoms with Crippen LogP contribution in [0, 0.1) is 0 Å². The van der Waals surface area contributed by atoms with Crippen molar-refractivity contribution in [3.63, 3.8) is 0 Å². The molecule has 20 heteroatoms. The summed E-state index contributed by atoms with van der Waals surface area (Å²) in [6.45, 7) is -5.29. The molecular formula is C11H5F19O. The zero-order valence-electron chi connectivity index (χ0n) is 13.5. The Morgan fingerprint density at radius 3 is 1.13 bits per heavy atom. The van der Waals surface area contributed by atoms with Crippen molar-refractivity contribution in [1.82, 2.24) is 0 Å². The Hall–Kier alpha value is -1.37. The maximum absolute atomic E-state index is 14.0. The maximum atomic E-state index is 14.0. The number of hydrogen-bond acceptors (Lipinski definition) is 1. The number of halogens is 19. The van der Waals surface area contributed by atoms with Gasteiger partial charge in [-0.3, -0.25) is 4.74 Å². The van der Waals surface area contributed by atoms with Crippen molar-refractivity contribution in [2.45, 2.75) is 67.3 Å². The first-order valence-corrected chi connectivity index (χ1v) is 6.76. The van der Waals surface area contributed by atoms with Gasteiger partial charge in [0.05, 0.1) is 6.42 Å². The van der Waals surface area contributed by atoms with E-state index in [1.165, 1.54) is 0 Å². The van der Waals surface area contributed by atoms with Crippen molar-refractivity contribution in [2.75, 3.05) is 0 Å². The summed E-state index contributed by atoms with van der Waals surface area (Å²) in [5.74, 6) is -37.1. The van der Waals surface area contributed by atoms with Crippen LogP contribution in [0.2, 0.25) is 0 Å². The molecule has 0 spiro atoms. The van der Waals surface area contributed by atoms with E-state index in [0.29, 0.717) is 0 Å². The Balaban J connectivity index is 6.56. The minimum absolute atomic E-state index is 1.97. The quantitative estimate of drug-likeness (QED) is 0.315. The summed E-state index contributed by atoms with van der Waals surface area (Å²) >= 11 is 0. The average Bonchev–Trinajstić information content (AvgIpc) is 2.49. The summed E-state index contributed by atoms with van der Waals surface area (Å²) in [6, 6.07) is 0. The second-order valence-electron chi connectivity index (χ2n) is 5.62. The SMILES string of the molecule is FC(F)OC(F)(CC(F)(F)C(F)(F)C(F)C(F)(F)F)C(F)(F)C(F)(F)C(F)C(F)(F)F. The van der Waals surface area contributed by atoms with E-state index in [2.05, 4.69) is 0 Å². The first-order chi connectivity index (χ1) is 13.2. The molecule has 0 rings (SSSR count). The lowest BCUT2D eigenvalue weighted by Crippen LogP contribution is -2.67. The molecule has 31 heavy (non-hydrogen) atoms. The van der Waals surface area contributed by atoms with Gasteiger partial charge >= 0.3 is 42.7 Å². The van der Waals surface area contributed by atoms with Gasteiger partial charge < -0.3 is 0 Å². The zero-order chi connectivity index (χ0) is 25.6. The summed E-state index contributed by atoms with van der Waals surface area (Å²) < 4.78 is 243. The minimum Gasteiger partial charge on any atom is -0.279 e. The Kier molecular flexibility index (Phi) is 7.84. The lowest BCUT2D eigenvalue weighted by atomic mass is 9.90. The Morgan fingerprint density at radius 1 is 0.516 bits per heavy atom. The Bertz CT molecular complexity index is 605. The predicted octanol–water partition coefficient (Wildman–Crippen LogP) is 6.62. The van der Waals surface area contributed by atoms with Crippen molar-refractivity contribution in [1.29, 1.82) is 0 Å². The normalized spacial score (nSPS) is 19.4. The van der Waals surface area contributed by atoms with Gasteiger partial charge in [-0.05, 0) is 0 Å². The molecule has 0 aromatic carbocycles. The molecule has 0 bridgehead atoms. The van der Waals surface area contributed by atoms with E-state index in [4.69, 9.17) is 0 Å². The molecule has 1 nitrogen and oxygen atoms in total.